The molecule has 17 heavy (non-hydrogen) atoms. The average Bonchev–Trinajstić information content (AvgIpc) is 2.77. The molecule has 0 aromatic carbocycles. The largest absolute Gasteiger partial charge is 0.376 e. The SMILES string of the molecule is CCC1(C(=O)NCC2(OC)CCC2)CCCN1. The molecule has 1 saturated heterocycles. The fraction of sp³-hybridized carbons (Fsp3) is 0.923. The third-order valence-corrected chi connectivity index (χ3v) is 4.55. The molecule has 1 amide bonds. The summed E-state index contributed by atoms with van der Waals surface area (Å²) < 4.78 is 5.52. The summed E-state index contributed by atoms with van der Waals surface area (Å²) in [4.78, 5) is 12.3. The molecule has 2 N–H and O–H groups in total. The third-order valence-electron chi connectivity index (χ3n) is 4.55. The van der Waals surface area contributed by atoms with E-state index in [1.165, 1.54) is 6.42 Å². The van der Waals surface area contributed by atoms with E-state index in [0.29, 0.717) is 6.54 Å². The molecule has 0 aromatic rings. The number of rotatable bonds is 5. The summed E-state index contributed by atoms with van der Waals surface area (Å²) in [5.41, 5.74) is -0.401. The highest BCUT2D eigenvalue weighted by Crippen LogP contribution is 2.34. The van der Waals surface area contributed by atoms with Crippen molar-refractivity contribution in [3.05, 3.63) is 0 Å². The number of methoxy groups -OCH3 is 1. The molecular weight excluding hydrogens is 216 g/mol. The molecule has 0 aromatic heterocycles. The van der Waals surface area contributed by atoms with E-state index in [4.69, 9.17) is 4.74 Å². The van der Waals surface area contributed by atoms with Gasteiger partial charge in [-0.25, -0.2) is 0 Å². The lowest BCUT2D eigenvalue weighted by Crippen LogP contribution is -2.57. The van der Waals surface area contributed by atoms with Crippen LogP contribution in [-0.2, 0) is 9.53 Å². The van der Waals surface area contributed by atoms with Crippen LogP contribution in [0.25, 0.3) is 0 Å². The predicted molar refractivity (Wildman–Crippen MR) is 66.9 cm³/mol. The van der Waals surface area contributed by atoms with Gasteiger partial charge in [0.1, 0.15) is 0 Å². The van der Waals surface area contributed by atoms with Gasteiger partial charge in [0.05, 0.1) is 11.1 Å². The number of carbonyl (C=O) groups excluding carboxylic acids is 1. The normalized spacial score (nSPS) is 30.9. The van der Waals surface area contributed by atoms with E-state index in [1.807, 2.05) is 0 Å². The van der Waals surface area contributed by atoms with E-state index in [2.05, 4.69) is 17.6 Å². The topological polar surface area (TPSA) is 50.4 Å². The van der Waals surface area contributed by atoms with Crippen LogP contribution >= 0.6 is 0 Å². The van der Waals surface area contributed by atoms with Crippen molar-refractivity contribution in [1.82, 2.24) is 10.6 Å². The molecule has 4 nitrogen and oxygen atoms in total. The zero-order valence-corrected chi connectivity index (χ0v) is 11.0. The summed E-state index contributed by atoms with van der Waals surface area (Å²) in [6.07, 6.45) is 6.25. The quantitative estimate of drug-likeness (QED) is 0.759. The van der Waals surface area contributed by atoms with Gasteiger partial charge in [-0.1, -0.05) is 6.92 Å². The maximum atomic E-state index is 12.3. The molecule has 1 atom stereocenters. The second-order valence-corrected chi connectivity index (χ2v) is 5.39. The van der Waals surface area contributed by atoms with Gasteiger partial charge in [0.25, 0.3) is 0 Å². The summed E-state index contributed by atoms with van der Waals surface area (Å²) >= 11 is 0. The molecule has 0 spiro atoms. The van der Waals surface area contributed by atoms with E-state index >= 15 is 0 Å². The molecule has 1 saturated carbocycles. The highest BCUT2D eigenvalue weighted by molar-refractivity contribution is 5.86. The Morgan fingerprint density at radius 3 is 2.53 bits per heavy atom. The number of nitrogens with one attached hydrogen (secondary N) is 2. The van der Waals surface area contributed by atoms with Crippen molar-refractivity contribution in [3.63, 3.8) is 0 Å². The van der Waals surface area contributed by atoms with Gasteiger partial charge in [0.15, 0.2) is 0 Å². The first kappa shape index (κ1) is 12.8. The number of ether oxygens (including phenoxy) is 1. The van der Waals surface area contributed by atoms with Crippen molar-refractivity contribution < 1.29 is 9.53 Å². The lowest BCUT2D eigenvalue weighted by molar-refractivity contribution is -0.130. The minimum Gasteiger partial charge on any atom is -0.376 e. The molecule has 1 unspecified atom stereocenters. The first-order valence-corrected chi connectivity index (χ1v) is 6.75. The van der Waals surface area contributed by atoms with E-state index in [0.717, 1.165) is 38.6 Å². The Morgan fingerprint density at radius 2 is 2.12 bits per heavy atom. The van der Waals surface area contributed by atoms with Gasteiger partial charge >= 0.3 is 0 Å². The van der Waals surface area contributed by atoms with Crippen LogP contribution < -0.4 is 10.6 Å². The Bertz CT molecular complexity index is 276. The van der Waals surface area contributed by atoms with Crippen molar-refractivity contribution in [2.24, 2.45) is 0 Å². The van der Waals surface area contributed by atoms with Crippen LogP contribution in [0.2, 0.25) is 0 Å². The lowest BCUT2D eigenvalue weighted by Gasteiger charge is -2.41. The number of hydrogen-bond acceptors (Lipinski definition) is 3. The highest BCUT2D eigenvalue weighted by Gasteiger charge is 2.42. The Hall–Kier alpha value is -0.610. The van der Waals surface area contributed by atoms with Crippen molar-refractivity contribution in [1.29, 1.82) is 0 Å². The standard InChI is InChI=1S/C13H24N2O2/c1-3-13(8-5-9-15-13)11(16)14-10-12(17-2)6-4-7-12/h15H,3-10H2,1-2H3,(H,14,16). The average molecular weight is 240 g/mol. The van der Waals surface area contributed by atoms with Crippen molar-refractivity contribution >= 4 is 5.91 Å². The van der Waals surface area contributed by atoms with Crippen LogP contribution in [0.3, 0.4) is 0 Å². The second-order valence-electron chi connectivity index (χ2n) is 5.39. The van der Waals surface area contributed by atoms with Crippen molar-refractivity contribution in [3.8, 4) is 0 Å². The summed E-state index contributed by atoms with van der Waals surface area (Å²) in [5.74, 6) is 0.154. The number of amides is 1. The van der Waals surface area contributed by atoms with Crippen LogP contribution in [-0.4, -0.2) is 37.2 Å². The zero-order valence-electron chi connectivity index (χ0n) is 11.0. The summed E-state index contributed by atoms with van der Waals surface area (Å²) in [7, 11) is 1.74. The van der Waals surface area contributed by atoms with Gasteiger partial charge < -0.3 is 15.4 Å². The zero-order chi connectivity index (χ0) is 12.4. The van der Waals surface area contributed by atoms with Crippen LogP contribution in [0.4, 0.5) is 0 Å². The minimum absolute atomic E-state index is 0.0802. The highest BCUT2D eigenvalue weighted by atomic mass is 16.5. The van der Waals surface area contributed by atoms with Gasteiger partial charge in [-0.15, -0.1) is 0 Å². The fourth-order valence-corrected chi connectivity index (χ4v) is 2.90. The van der Waals surface area contributed by atoms with E-state index in [9.17, 15) is 4.79 Å². The van der Waals surface area contributed by atoms with E-state index in [1.54, 1.807) is 7.11 Å². The molecule has 0 radical (unpaired) electrons. The molecule has 98 valence electrons. The van der Waals surface area contributed by atoms with Gasteiger partial charge in [0.2, 0.25) is 5.91 Å². The monoisotopic (exact) mass is 240 g/mol. The fourth-order valence-electron chi connectivity index (χ4n) is 2.90. The van der Waals surface area contributed by atoms with Crippen LogP contribution in [0.1, 0.15) is 45.4 Å². The van der Waals surface area contributed by atoms with Gasteiger partial charge in [-0.05, 0) is 45.1 Å². The Labute approximate surface area is 103 Å². The minimum atomic E-state index is -0.321. The van der Waals surface area contributed by atoms with E-state index in [-0.39, 0.29) is 17.0 Å². The first-order valence-electron chi connectivity index (χ1n) is 6.75. The molecule has 2 aliphatic rings. The molecular formula is C13H24N2O2. The molecule has 1 aliphatic heterocycles. The third kappa shape index (κ3) is 2.33. The molecule has 1 aliphatic carbocycles. The van der Waals surface area contributed by atoms with Crippen LogP contribution in [0.15, 0.2) is 0 Å². The van der Waals surface area contributed by atoms with Gasteiger partial charge in [0, 0.05) is 13.7 Å². The summed E-state index contributed by atoms with van der Waals surface area (Å²) in [6.45, 7) is 3.69. The van der Waals surface area contributed by atoms with E-state index < -0.39 is 0 Å². The molecule has 0 bridgehead atoms. The predicted octanol–water partition coefficient (Wildman–Crippen LogP) is 1.20. The van der Waals surface area contributed by atoms with Crippen molar-refractivity contribution in [2.75, 3.05) is 20.2 Å². The number of carbonyl (C=O) groups is 1. The molecule has 4 heteroatoms. The number of hydrogen-bond donors (Lipinski definition) is 2. The molecule has 2 rings (SSSR count). The molecule has 1 heterocycles. The van der Waals surface area contributed by atoms with Crippen molar-refractivity contribution in [2.45, 2.75) is 56.6 Å². The Morgan fingerprint density at radius 1 is 1.35 bits per heavy atom. The lowest BCUT2D eigenvalue weighted by atomic mass is 9.79. The summed E-state index contributed by atoms with van der Waals surface area (Å²) in [6, 6.07) is 0. The van der Waals surface area contributed by atoms with Gasteiger partial charge in [-0.3, -0.25) is 4.79 Å². The smallest absolute Gasteiger partial charge is 0.240 e. The first-order chi connectivity index (χ1) is 8.16. The van der Waals surface area contributed by atoms with Crippen LogP contribution in [0, 0.1) is 0 Å². The maximum Gasteiger partial charge on any atom is 0.240 e. The maximum absolute atomic E-state index is 12.3. The summed E-state index contributed by atoms with van der Waals surface area (Å²) in [5, 5.41) is 6.44. The van der Waals surface area contributed by atoms with Crippen LogP contribution in [0.5, 0.6) is 0 Å². The Kier molecular flexibility index (Phi) is 3.73. The molecule has 2 fully saturated rings. The second kappa shape index (κ2) is 4.94. The van der Waals surface area contributed by atoms with Gasteiger partial charge in [-0.2, -0.15) is 0 Å². The Balaban J connectivity index is 1.88.